The van der Waals surface area contributed by atoms with E-state index in [0.717, 1.165) is 14.4 Å². The number of hydrogen-bond acceptors (Lipinski definition) is 0. The average Bonchev–Trinajstić information content (AvgIpc) is 3.60. The molecule has 0 aliphatic heterocycles. The maximum atomic E-state index is 8.71. The molecule has 6 rings (SSSR count). The minimum absolute atomic E-state index is 0.0119. The number of hydrogen-bond donors (Lipinski definition) is 0. The van der Waals surface area contributed by atoms with Crippen molar-refractivity contribution in [2.75, 3.05) is 0 Å². The van der Waals surface area contributed by atoms with Gasteiger partial charge in [-0.05, 0) is 0 Å². The van der Waals surface area contributed by atoms with Crippen LogP contribution in [0.2, 0.25) is 3.67 Å². The van der Waals surface area contributed by atoms with Gasteiger partial charge in [-0.15, -0.1) is 0 Å². The monoisotopic (exact) mass is 786 g/mol. The number of rotatable bonds is 4. The summed E-state index contributed by atoms with van der Waals surface area (Å²) in [5, 5.41) is 0. The van der Waals surface area contributed by atoms with Crippen molar-refractivity contribution >= 4 is 20.4 Å². The molecule has 226 valence electrons. The van der Waals surface area contributed by atoms with Crippen molar-refractivity contribution in [1.29, 1.82) is 0 Å². The van der Waals surface area contributed by atoms with Crippen LogP contribution in [0.15, 0.2) is 109 Å². The van der Waals surface area contributed by atoms with Crippen molar-refractivity contribution < 1.29 is 15.7 Å². The molecule has 0 unspecified atom stereocenters. The van der Waals surface area contributed by atoms with Crippen molar-refractivity contribution in [3.8, 4) is 11.1 Å². The van der Waals surface area contributed by atoms with Gasteiger partial charge < -0.3 is 0 Å². The fourth-order valence-corrected chi connectivity index (χ4v) is 35.7. The normalized spacial score (nSPS) is 15.5. The third-order valence-electron chi connectivity index (χ3n) is 9.81. The molecule has 4 aromatic carbocycles. The standard InChI is InChI=1S/C23H29.C13H10.C5H5.2ClH.Hf/c1-14-9-16-11-17-10-15(2)21(23(6,7)8)13-19(17)18(16)12-20(14)22(3,4)5;1-3-7-12(8-4-1)11-13-9-5-2-6-10-13;1-2-4-5-3-1;;;/h9-13H,1-8H3;1-10H;1-5H;2*1H;/q;;;;;+2/p-2. The molecule has 0 N–H and O–H groups in total. The first kappa shape index (κ1) is 31.7. The zero-order chi connectivity index (χ0) is 31.7. The molecule has 0 spiro atoms. The molecule has 3 heteroatoms. The fraction of sp³-hybridized carbons (Fsp3) is 0.293. The Bertz CT molecular complexity index is 1770. The Morgan fingerprint density at radius 3 is 1.34 bits per heavy atom. The number of halogens is 2. The van der Waals surface area contributed by atoms with Crippen LogP contribution in [0.3, 0.4) is 0 Å². The molecule has 2 aliphatic rings. The van der Waals surface area contributed by atoms with Crippen LogP contribution >= 0.6 is 17.2 Å². The number of benzene rings is 4. The van der Waals surface area contributed by atoms with Crippen molar-refractivity contribution in [2.24, 2.45) is 0 Å². The number of allylic oxidation sites excluding steroid dienone is 4. The zero-order valence-electron chi connectivity index (χ0n) is 27.3. The van der Waals surface area contributed by atoms with E-state index in [-0.39, 0.29) is 18.2 Å². The summed E-state index contributed by atoms with van der Waals surface area (Å²) in [5.41, 5.74) is 12.8. The van der Waals surface area contributed by atoms with E-state index < -0.39 is 15.7 Å². The van der Waals surface area contributed by atoms with Gasteiger partial charge in [-0.3, -0.25) is 0 Å². The zero-order valence-corrected chi connectivity index (χ0v) is 32.4. The Hall–Kier alpha value is -2.32. The Labute approximate surface area is 272 Å². The van der Waals surface area contributed by atoms with Crippen molar-refractivity contribution in [2.45, 2.75) is 73.6 Å². The van der Waals surface area contributed by atoms with Gasteiger partial charge in [-0.25, -0.2) is 0 Å². The topological polar surface area (TPSA) is 0 Å². The van der Waals surface area contributed by atoms with Gasteiger partial charge in [0.2, 0.25) is 0 Å². The summed E-state index contributed by atoms with van der Waals surface area (Å²) in [7, 11) is 17.4. The van der Waals surface area contributed by atoms with Crippen LogP contribution in [0.5, 0.6) is 0 Å². The second-order valence-corrected chi connectivity index (χ2v) is 44.5. The summed E-state index contributed by atoms with van der Waals surface area (Å²) in [6.07, 6.45) is 8.81. The molecule has 0 amide bonds. The molecule has 0 aromatic heterocycles. The third-order valence-corrected chi connectivity index (χ3v) is 37.9. The second kappa shape index (κ2) is 10.9. The summed E-state index contributed by atoms with van der Waals surface area (Å²) < 4.78 is 0.972. The average molecular weight is 786 g/mol. The maximum absolute atomic E-state index is 8.71. The fourth-order valence-electron chi connectivity index (χ4n) is 7.97. The van der Waals surface area contributed by atoms with Crippen LogP contribution in [0.1, 0.15) is 89.7 Å². The molecule has 4 aromatic rings. The summed E-state index contributed by atoms with van der Waals surface area (Å²) in [5.74, 6) is 0. The van der Waals surface area contributed by atoms with Crippen molar-refractivity contribution in [1.82, 2.24) is 0 Å². The van der Waals surface area contributed by atoms with Gasteiger partial charge in [0.25, 0.3) is 0 Å². The molecule has 2 aliphatic carbocycles. The van der Waals surface area contributed by atoms with Gasteiger partial charge in [0.1, 0.15) is 0 Å². The summed E-state index contributed by atoms with van der Waals surface area (Å²) >= 11 is -5.50. The van der Waals surface area contributed by atoms with Crippen molar-refractivity contribution in [3.05, 3.63) is 154 Å². The van der Waals surface area contributed by atoms with E-state index in [4.69, 9.17) is 17.2 Å². The molecular formula is C41H44Cl2Hf. The molecular weight excluding hydrogens is 742 g/mol. The Morgan fingerprint density at radius 1 is 0.591 bits per heavy atom. The van der Waals surface area contributed by atoms with Gasteiger partial charge in [0.15, 0.2) is 0 Å². The summed E-state index contributed by atoms with van der Waals surface area (Å²) in [6, 6.07) is 31.2. The number of aryl methyl sites for hydroxylation is 2. The first-order valence-electron chi connectivity index (χ1n) is 15.8. The predicted molar refractivity (Wildman–Crippen MR) is 190 cm³/mol. The van der Waals surface area contributed by atoms with E-state index >= 15 is 0 Å². The molecule has 44 heavy (non-hydrogen) atoms. The molecule has 0 nitrogen and oxygen atoms in total. The van der Waals surface area contributed by atoms with E-state index in [1.165, 1.54) is 44.5 Å². The third kappa shape index (κ3) is 5.03. The molecule has 0 saturated heterocycles. The van der Waals surface area contributed by atoms with Crippen LogP contribution in [0.4, 0.5) is 0 Å². The van der Waals surface area contributed by atoms with Crippen LogP contribution in [-0.4, -0.2) is 3.26 Å². The molecule has 0 fully saturated rings. The molecule has 0 bridgehead atoms. The van der Waals surface area contributed by atoms with Crippen LogP contribution < -0.4 is 0 Å². The van der Waals surface area contributed by atoms with E-state index in [1.54, 1.807) is 0 Å². The van der Waals surface area contributed by atoms with E-state index in [0.29, 0.717) is 0 Å². The minimum atomic E-state index is -5.50. The van der Waals surface area contributed by atoms with Crippen LogP contribution in [0.25, 0.3) is 11.1 Å². The summed E-state index contributed by atoms with van der Waals surface area (Å²) in [6.45, 7) is 18.4. The first-order valence-corrected chi connectivity index (χ1v) is 30.7. The van der Waals surface area contributed by atoms with Crippen LogP contribution in [-0.2, 0) is 26.5 Å². The van der Waals surface area contributed by atoms with Crippen molar-refractivity contribution in [3.63, 3.8) is 0 Å². The SMILES string of the molecule is Cc1cc2c(cc1C(C)(C)C)-c1cc(C(C)(C)C)c(C)cc1[CH]2[Hf]([Cl])([Cl])(=[C](c1ccccc1)c1ccccc1)[CH]1C=CC=C1. The predicted octanol–water partition coefficient (Wildman–Crippen LogP) is 12.1. The molecule has 0 atom stereocenters. The van der Waals surface area contributed by atoms with E-state index in [2.05, 4.69) is 165 Å². The second-order valence-electron chi connectivity index (χ2n) is 15.0. The number of fused-ring (bicyclic) bond motifs is 3. The first-order chi connectivity index (χ1) is 20.6. The Balaban J connectivity index is 1.85. The Morgan fingerprint density at radius 2 is 0.977 bits per heavy atom. The quantitative estimate of drug-likeness (QED) is 0.181. The summed E-state index contributed by atoms with van der Waals surface area (Å²) in [4.78, 5) is 0. The van der Waals surface area contributed by atoms with Gasteiger partial charge >= 0.3 is 274 Å². The van der Waals surface area contributed by atoms with Crippen LogP contribution in [0, 0.1) is 13.8 Å². The van der Waals surface area contributed by atoms with Gasteiger partial charge in [0, 0.05) is 0 Å². The Kier molecular flexibility index (Phi) is 7.84. The van der Waals surface area contributed by atoms with Gasteiger partial charge in [-0.1, -0.05) is 0 Å². The molecule has 0 saturated carbocycles. The van der Waals surface area contributed by atoms with E-state index in [9.17, 15) is 0 Å². The van der Waals surface area contributed by atoms with Gasteiger partial charge in [-0.2, -0.15) is 0 Å². The van der Waals surface area contributed by atoms with E-state index in [1.807, 2.05) is 0 Å². The molecule has 0 heterocycles. The molecule has 0 radical (unpaired) electrons. The van der Waals surface area contributed by atoms with Gasteiger partial charge in [0.05, 0.1) is 0 Å².